The predicted molar refractivity (Wildman–Crippen MR) is 122 cm³/mol. The fourth-order valence-electron chi connectivity index (χ4n) is 2.60. The van der Waals surface area contributed by atoms with Gasteiger partial charge in [-0.25, -0.2) is 4.57 Å². The largest absolute Gasteiger partial charge is 0.472 e. The van der Waals surface area contributed by atoms with E-state index in [2.05, 4.69) is 25.9 Å². The van der Waals surface area contributed by atoms with Crippen molar-refractivity contribution in [3.8, 4) is 0 Å². The van der Waals surface area contributed by atoms with Gasteiger partial charge in [0.05, 0.1) is 13.2 Å². The van der Waals surface area contributed by atoms with Crippen LogP contribution in [-0.2, 0) is 13.6 Å². The third-order valence-electron chi connectivity index (χ3n) is 4.46. The maximum absolute atomic E-state index is 11.1. The van der Waals surface area contributed by atoms with Crippen LogP contribution in [0.25, 0.3) is 0 Å². The summed E-state index contributed by atoms with van der Waals surface area (Å²) in [5.41, 5.74) is 0. The van der Waals surface area contributed by atoms with E-state index in [-0.39, 0.29) is 13.2 Å². The molecule has 5 nitrogen and oxygen atoms in total. The molecule has 0 unspecified atom stereocenters. The van der Waals surface area contributed by atoms with Gasteiger partial charge in [0.1, 0.15) is 0 Å². The van der Waals surface area contributed by atoms with E-state index in [0.29, 0.717) is 0 Å². The van der Waals surface area contributed by atoms with E-state index in [9.17, 15) is 4.57 Å². The van der Waals surface area contributed by atoms with Gasteiger partial charge in [0.25, 0.3) is 0 Å². The summed E-state index contributed by atoms with van der Waals surface area (Å²) in [7, 11) is 0.569. The van der Waals surface area contributed by atoms with Crippen LogP contribution >= 0.6 is 7.82 Å². The summed E-state index contributed by atoms with van der Waals surface area (Å²) in [6, 6.07) is 0. The lowest BCUT2D eigenvalue weighted by Gasteiger charge is -2.10. The van der Waals surface area contributed by atoms with Gasteiger partial charge in [-0.2, -0.15) is 0 Å². The molecule has 0 aliphatic carbocycles. The third kappa shape index (κ3) is 28.3. The van der Waals surface area contributed by atoms with Gasteiger partial charge < -0.3 is 9.79 Å². The molecule has 28 heavy (non-hydrogen) atoms. The lowest BCUT2D eigenvalue weighted by molar-refractivity contribution is 0.146. The molecular weight excluding hydrogens is 373 g/mol. The normalized spacial score (nSPS) is 11.5. The smallest absolute Gasteiger partial charge is 0.309 e. The molecule has 1 N–H and O–H groups in total. The van der Waals surface area contributed by atoms with Crippen molar-refractivity contribution in [1.82, 2.24) is 4.90 Å². The van der Waals surface area contributed by atoms with Crippen LogP contribution in [0.15, 0.2) is 0 Å². The molecule has 0 aromatic carbocycles. The zero-order chi connectivity index (χ0) is 21.5. The summed E-state index contributed by atoms with van der Waals surface area (Å²) in [6.45, 7) is 8.10. The number of nitrogens with zero attached hydrogens (tertiary/aromatic N) is 1. The first-order valence-corrected chi connectivity index (χ1v) is 13.2. The Kier molecular flexibility index (Phi) is 25.2. The fourth-order valence-corrected chi connectivity index (χ4v) is 3.40. The number of rotatable bonds is 19. The van der Waals surface area contributed by atoms with Crippen LogP contribution < -0.4 is 0 Å². The minimum Gasteiger partial charge on any atom is -0.309 e. The minimum absolute atomic E-state index is 0.288. The lowest BCUT2D eigenvalue weighted by atomic mass is 10.1. The Morgan fingerprint density at radius 1 is 0.643 bits per heavy atom. The Labute approximate surface area is 176 Å². The van der Waals surface area contributed by atoms with Gasteiger partial charge in [0, 0.05) is 0 Å². The van der Waals surface area contributed by atoms with Gasteiger partial charge in [0.2, 0.25) is 0 Å². The van der Waals surface area contributed by atoms with E-state index in [1.54, 1.807) is 0 Å². The van der Waals surface area contributed by atoms with Crippen molar-refractivity contribution in [2.24, 2.45) is 0 Å². The van der Waals surface area contributed by atoms with E-state index in [1.807, 2.05) is 13.8 Å². The highest BCUT2D eigenvalue weighted by molar-refractivity contribution is 7.47. The van der Waals surface area contributed by atoms with Crippen LogP contribution in [0.1, 0.15) is 111 Å². The highest BCUT2D eigenvalue weighted by Crippen LogP contribution is 2.43. The predicted octanol–water partition coefficient (Wildman–Crippen LogP) is 7.19. The minimum atomic E-state index is -3.75. The topological polar surface area (TPSA) is 59.0 Å². The average Bonchev–Trinajstić information content (AvgIpc) is 2.64. The van der Waals surface area contributed by atoms with Crippen molar-refractivity contribution in [3.05, 3.63) is 0 Å². The molecule has 0 radical (unpaired) electrons. The molecule has 0 saturated carbocycles. The van der Waals surface area contributed by atoms with Gasteiger partial charge in [0.15, 0.2) is 0 Å². The van der Waals surface area contributed by atoms with Crippen molar-refractivity contribution in [1.29, 1.82) is 0 Å². The Hall–Kier alpha value is 0.0700. The zero-order valence-corrected chi connectivity index (χ0v) is 20.5. The molecule has 0 aliphatic rings. The molecule has 0 spiro atoms. The second-order valence-electron chi connectivity index (χ2n) is 7.83. The molecule has 0 saturated heterocycles. The van der Waals surface area contributed by atoms with Crippen LogP contribution in [0.2, 0.25) is 0 Å². The van der Waals surface area contributed by atoms with E-state index in [0.717, 1.165) is 25.7 Å². The number of phosphoric acid groups is 1. The van der Waals surface area contributed by atoms with Crippen LogP contribution in [0.3, 0.4) is 0 Å². The number of phosphoric ester groups is 1. The van der Waals surface area contributed by atoms with Crippen molar-refractivity contribution < 1.29 is 18.5 Å². The third-order valence-corrected chi connectivity index (χ3v) is 5.48. The summed E-state index contributed by atoms with van der Waals surface area (Å²) in [5, 5.41) is 0. The lowest BCUT2D eigenvalue weighted by Crippen LogP contribution is -2.12. The molecule has 0 fully saturated rings. The highest BCUT2D eigenvalue weighted by atomic mass is 31.2. The molecule has 0 aromatic rings. The van der Waals surface area contributed by atoms with Crippen molar-refractivity contribution >= 4 is 7.82 Å². The van der Waals surface area contributed by atoms with Gasteiger partial charge in [-0.15, -0.1) is 0 Å². The highest BCUT2D eigenvalue weighted by Gasteiger charge is 2.19. The summed E-state index contributed by atoms with van der Waals surface area (Å²) < 4.78 is 20.5. The van der Waals surface area contributed by atoms with E-state index in [4.69, 9.17) is 13.9 Å². The Balaban J connectivity index is 0. The molecule has 6 heteroatoms. The molecule has 0 aromatic heterocycles. The number of unbranched alkanes of at least 4 members (excludes halogenated alkanes) is 11. The molecule has 0 atom stereocenters. The molecule has 0 rings (SSSR count). The van der Waals surface area contributed by atoms with E-state index < -0.39 is 7.82 Å². The van der Waals surface area contributed by atoms with Crippen LogP contribution in [-0.4, -0.2) is 43.6 Å². The maximum atomic E-state index is 11.1. The monoisotopic (exact) mass is 423 g/mol. The Bertz CT molecular complexity index is 326. The van der Waals surface area contributed by atoms with Crippen molar-refractivity contribution in [3.63, 3.8) is 0 Å². The quantitative estimate of drug-likeness (QED) is 0.176. The Morgan fingerprint density at radius 2 is 1.00 bits per heavy atom. The number of hydrogen-bond donors (Lipinski definition) is 1. The molecule has 172 valence electrons. The Morgan fingerprint density at radius 3 is 1.36 bits per heavy atom. The van der Waals surface area contributed by atoms with E-state index >= 15 is 0 Å². The molecule has 0 bridgehead atoms. The molecule has 0 amide bonds. The van der Waals surface area contributed by atoms with Gasteiger partial charge >= 0.3 is 7.82 Å². The SMILES string of the molecule is CCCCCCCCCCCCN(C)C.CCCCOP(=O)(O)OCCCC. The standard InChI is InChI=1S/C14H31N.C8H19O4P/c1-4-5-6-7-8-9-10-11-12-13-14-15(2)3;1-3-5-7-11-13(9,10)12-8-6-4-2/h4-14H2,1-3H3;3-8H2,1-2H3,(H,9,10). The first-order valence-electron chi connectivity index (χ1n) is 11.7. The van der Waals surface area contributed by atoms with Crippen LogP contribution in [0, 0.1) is 0 Å². The second-order valence-corrected chi connectivity index (χ2v) is 9.28. The number of hydrogen-bond acceptors (Lipinski definition) is 4. The van der Waals surface area contributed by atoms with Crippen molar-refractivity contribution in [2.75, 3.05) is 33.9 Å². The average molecular weight is 424 g/mol. The van der Waals surface area contributed by atoms with Crippen molar-refractivity contribution in [2.45, 2.75) is 111 Å². The maximum Gasteiger partial charge on any atom is 0.472 e. The van der Waals surface area contributed by atoms with Gasteiger partial charge in [-0.1, -0.05) is 91.4 Å². The van der Waals surface area contributed by atoms with Crippen LogP contribution in [0.4, 0.5) is 0 Å². The van der Waals surface area contributed by atoms with E-state index in [1.165, 1.54) is 70.8 Å². The molecule has 0 aliphatic heterocycles. The molecular formula is C22H50NO4P. The fraction of sp³-hybridized carbons (Fsp3) is 1.00. The summed E-state index contributed by atoms with van der Waals surface area (Å²) >= 11 is 0. The summed E-state index contributed by atoms with van der Waals surface area (Å²) in [6.07, 6.45) is 17.8. The van der Waals surface area contributed by atoms with Gasteiger partial charge in [-0.3, -0.25) is 9.05 Å². The van der Waals surface area contributed by atoms with Gasteiger partial charge in [-0.05, 0) is 39.9 Å². The first kappa shape index (κ1) is 30.3. The summed E-state index contributed by atoms with van der Waals surface area (Å²) in [5.74, 6) is 0. The zero-order valence-electron chi connectivity index (χ0n) is 19.6. The molecule has 0 heterocycles. The second kappa shape index (κ2) is 23.3. The summed E-state index contributed by atoms with van der Waals surface area (Å²) in [4.78, 5) is 11.4. The first-order chi connectivity index (χ1) is 13.4. The van der Waals surface area contributed by atoms with Crippen LogP contribution in [0.5, 0.6) is 0 Å².